The molecule has 0 bridgehead atoms. The summed E-state index contributed by atoms with van der Waals surface area (Å²) in [7, 11) is 1.89. The second-order valence-corrected chi connectivity index (χ2v) is 10.0. The molecule has 0 saturated heterocycles. The molecule has 0 aliphatic carbocycles. The van der Waals surface area contributed by atoms with Gasteiger partial charge in [0.2, 0.25) is 11.8 Å². The standard InChI is InChI=1S/C28H23ClN8O2/c1-15-10-20(8-9-21(15)29)38-13-17-4-6-18(7-5-17)25-32-26-24-23(19-11-31-36(3)12-19)22-16(2)33-34-28(22)39-27(24)30-14-37(26)35-25/h4-12,14,23H,13H2,1-3H3,(H,33,34)/t23-/m1/s1. The van der Waals surface area contributed by atoms with Crippen molar-refractivity contribution in [1.29, 1.82) is 0 Å². The van der Waals surface area contributed by atoms with Gasteiger partial charge in [-0.25, -0.2) is 14.5 Å². The van der Waals surface area contributed by atoms with Crippen molar-refractivity contribution in [3.63, 3.8) is 0 Å². The molecule has 11 heteroatoms. The van der Waals surface area contributed by atoms with Gasteiger partial charge in [0, 0.05) is 40.7 Å². The highest BCUT2D eigenvalue weighted by Gasteiger charge is 2.37. The number of nitrogens with one attached hydrogen (secondary N) is 1. The maximum atomic E-state index is 6.12. The van der Waals surface area contributed by atoms with Crippen LogP contribution in [0.2, 0.25) is 5.02 Å². The van der Waals surface area contributed by atoms with Crippen LogP contribution in [0.5, 0.6) is 17.5 Å². The number of aromatic nitrogens is 8. The van der Waals surface area contributed by atoms with E-state index in [1.807, 2.05) is 75.8 Å². The van der Waals surface area contributed by atoms with Crippen LogP contribution < -0.4 is 9.47 Å². The molecule has 6 aromatic rings. The van der Waals surface area contributed by atoms with Crippen LogP contribution in [0.15, 0.2) is 61.2 Å². The summed E-state index contributed by atoms with van der Waals surface area (Å²) >= 11 is 6.12. The number of hydrogen-bond acceptors (Lipinski definition) is 7. The number of rotatable bonds is 5. The average Bonchev–Trinajstić information content (AvgIpc) is 3.67. The van der Waals surface area contributed by atoms with Gasteiger partial charge in [-0.1, -0.05) is 35.9 Å². The molecule has 0 radical (unpaired) electrons. The van der Waals surface area contributed by atoms with E-state index in [0.717, 1.165) is 49.8 Å². The van der Waals surface area contributed by atoms with Gasteiger partial charge >= 0.3 is 0 Å². The van der Waals surface area contributed by atoms with Gasteiger partial charge in [0.05, 0.1) is 17.7 Å². The summed E-state index contributed by atoms with van der Waals surface area (Å²) < 4.78 is 15.5. The summed E-state index contributed by atoms with van der Waals surface area (Å²) in [5.41, 5.74) is 7.23. The van der Waals surface area contributed by atoms with Crippen molar-refractivity contribution in [3.8, 4) is 28.9 Å². The summed E-state index contributed by atoms with van der Waals surface area (Å²) in [4.78, 5) is 9.49. The van der Waals surface area contributed by atoms with Gasteiger partial charge in [-0.05, 0) is 43.2 Å². The van der Waals surface area contributed by atoms with Crippen LogP contribution in [0.1, 0.15) is 39.4 Å². The normalized spacial score (nSPS) is 14.2. The Labute approximate surface area is 228 Å². The lowest BCUT2D eigenvalue weighted by Crippen LogP contribution is -2.14. The Morgan fingerprint density at radius 2 is 1.92 bits per heavy atom. The lowest BCUT2D eigenvalue weighted by Gasteiger charge is -2.24. The summed E-state index contributed by atoms with van der Waals surface area (Å²) in [6, 6.07) is 13.7. The van der Waals surface area contributed by atoms with E-state index < -0.39 is 0 Å². The third-order valence-corrected chi connectivity index (χ3v) is 7.35. The SMILES string of the molecule is Cc1cc(OCc2ccc(-c3nc4c5c(ncn4n3)Oc3n[nH]c(C)c3[C@H]5c3cnn(C)c3)cc2)ccc1Cl. The fourth-order valence-electron chi connectivity index (χ4n) is 4.93. The van der Waals surface area contributed by atoms with Crippen LogP contribution in [0.4, 0.5) is 0 Å². The number of nitrogens with zero attached hydrogens (tertiary/aromatic N) is 7. The van der Waals surface area contributed by atoms with Crippen LogP contribution in [0.3, 0.4) is 0 Å². The van der Waals surface area contributed by atoms with Crippen molar-refractivity contribution in [1.82, 2.24) is 39.6 Å². The first-order valence-corrected chi connectivity index (χ1v) is 12.8. The molecule has 5 heterocycles. The molecule has 7 rings (SSSR count). The van der Waals surface area contributed by atoms with E-state index in [0.29, 0.717) is 29.8 Å². The first kappa shape index (κ1) is 23.4. The first-order chi connectivity index (χ1) is 18.9. The van der Waals surface area contributed by atoms with Crippen LogP contribution in [-0.2, 0) is 13.7 Å². The van der Waals surface area contributed by atoms with Crippen LogP contribution in [0, 0.1) is 13.8 Å². The molecule has 194 valence electrons. The Morgan fingerprint density at radius 3 is 2.69 bits per heavy atom. The van der Waals surface area contributed by atoms with Crippen molar-refractivity contribution in [2.24, 2.45) is 7.05 Å². The van der Waals surface area contributed by atoms with Crippen molar-refractivity contribution in [2.75, 3.05) is 0 Å². The number of ether oxygens (including phenoxy) is 2. The number of aryl methyl sites for hydroxylation is 3. The number of benzene rings is 2. The number of H-pyrrole nitrogens is 1. The zero-order valence-corrected chi connectivity index (χ0v) is 22.1. The minimum absolute atomic E-state index is 0.208. The van der Waals surface area contributed by atoms with Gasteiger partial charge < -0.3 is 9.47 Å². The van der Waals surface area contributed by atoms with Gasteiger partial charge in [0.1, 0.15) is 18.7 Å². The second-order valence-electron chi connectivity index (χ2n) is 9.61. The predicted octanol–water partition coefficient (Wildman–Crippen LogP) is 5.38. The zero-order chi connectivity index (χ0) is 26.7. The zero-order valence-electron chi connectivity index (χ0n) is 21.4. The quantitative estimate of drug-likeness (QED) is 0.313. The smallest absolute Gasteiger partial charge is 0.244 e. The van der Waals surface area contributed by atoms with E-state index in [2.05, 4.69) is 20.3 Å². The minimum atomic E-state index is -0.208. The Hall–Kier alpha value is -4.70. The van der Waals surface area contributed by atoms with Gasteiger partial charge in [-0.15, -0.1) is 10.2 Å². The third kappa shape index (κ3) is 4.00. The molecular formula is C28H23ClN8O2. The molecule has 0 saturated carbocycles. The van der Waals surface area contributed by atoms with Crippen LogP contribution in [0.25, 0.3) is 17.0 Å². The second kappa shape index (κ2) is 8.95. The molecule has 10 nitrogen and oxygen atoms in total. The van der Waals surface area contributed by atoms with E-state index >= 15 is 0 Å². The minimum Gasteiger partial charge on any atom is -0.489 e. The highest BCUT2D eigenvalue weighted by molar-refractivity contribution is 6.31. The number of aromatic amines is 1. The Kier molecular flexibility index (Phi) is 5.38. The molecule has 0 spiro atoms. The molecule has 1 atom stereocenters. The lowest BCUT2D eigenvalue weighted by molar-refractivity contribution is 0.306. The third-order valence-electron chi connectivity index (χ3n) is 6.92. The molecule has 1 aliphatic rings. The average molecular weight is 539 g/mol. The summed E-state index contributed by atoms with van der Waals surface area (Å²) in [5.74, 6) is 2.13. The van der Waals surface area contributed by atoms with Crippen molar-refractivity contribution >= 4 is 17.2 Å². The van der Waals surface area contributed by atoms with Crippen molar-refractivity contribution in [3.05, 3.63) is 99.7 Å². The highest BCUT2D eigenvalue weighted by atomic mass is 35.5. The molecule has 0 amide bonds. The summed E-state index contributed by atoms with van der Waals surface area (Å²) in [6.45, 7) is 4.37. The van der Waals surface area contributed by atoms with E-state index in [9.17, 15) is 0 Å². The number of halogens is 1. The fraction of sp³-hybridized carbons (Fsp3) is 0.179. The van der Waals surface area contributed by atoms with Gasteiger partial charge in [-0.2, -0.15) is 5.10 Å². The molecule has 4 aromatic heterocycles. The number of hydrogen-bond donors (Lipinski definition) is 1. The van der Waals surface area contributed by atoms with Crippen molar-refractivity contribution in [2.45, 2.75) is 26.4 Å². The molecular weight excluding hydrogens is 516 g/mol. The van der Waals surface area contributed by atoms with E-state index in [-0.39, 0.29) is 5.92 Å². The Bertz CT molecular complexity index is 1850. The van der Waals surface area contributed by atoms with Crippen molar-refractivity contribution < 1.29 is 9.47 Å². The predicted molar refractivity (Wildman–Crippen MR) is 144 cm³/mol. The molecule has 0 fully saturated rings. The molecule has 0 unspecified atom stereocenters. The van der Waals surface area contributed by atoms with Gasteiger partial charge in [0.25, 0.3) is 0 Å². The van der Waals surface area contributed by atoms with Gasteiger partial charge in [0.15, 0.2) is 11.5 Å². The lowest BCUT2D eigenvalue weighted by atomic mass is 9.86. The maximum Gasteiger partial charge on any atom is 0.244 e. The Balaban J connectivity index is 1.23. The topological polar surface area (TPSA) is 108 Å². The van der Waals surface area contributed by atoms with E-state index in [4.69, 9.17) is 31.2 Å². The molecule has 2 aromatic carbocycles. The first-order valence-electron chi connectivity index (χ1n) is 12.4. The van der Waals surface area contributed by atoms with Crippen LogP contribution >= 0.6 is 11.6 Å². The summed E-state index contributed by atoms with van der Waals surface area (Å²) in [6.07, 6.45) is 5.46. The monoisotopic (exact) mass is 538 g/mol. The molecule has 1 aliphatic heterocycles. The Morgan fingerprint density at radius 1 is 1.08 bits per heavy atom. The molecule has 39 heavy (non-hydrogen) atoms. The molecule has 1 N–H and O–H groups in total. The van der Waals surface area contributed by atoms with Gasteiger partial charge in [-0.3, -0.25) is 9.78 Å². The fourth-order valence-corrected chi connectivity index (χ4v) is 5.05. The van der Waals surface area contributed by atoms with Crippen LogP contribution in [-0.4, -0.2) is 39.6 Å². The van der Waals surface area contributed by atoms with E-state index in [1.54, 1.807) is 15.5 Å². The number of fused-ring (bicyclic) bond motifs is 4. The summed E-state index contributed by atoms with van der Waals surface area (Å²) in [5, 5.41) is 17.2. The highest BCUT2D eigenvalue weighted by Crippen LogP contribution is 2.48. The maximum absolute atomic E-state index is 6.12. The largest absolute Gasteiger partial charge is 0.489 e. The van der Waals surface area contributed by atoms with E-state index in [1.165, 1.54) is 0 Å².